The van der Waals surface area contributed by atoms with E-state index < -0.39 is 11.9 Å². The van der Waals surface area contributed by atoms with Crippen molar-refractivity contribution in [2.75, 3.05) is 0 Å². The molecule has 1 heterocycles. The molecular weight excluding hydrogens is 229 g/mol. The highest BCUT2D eigenvalue weighted by molar-refractivity contribution is 5.35. The number of pyridine rings is 1. The molecule has 0 amide bonds. The molecule has 1 aromatic heterocycles. The summed E-state index contributed by atoms with van der Waals surface area (Å²) in [5.74, 6) is 0.154. The number of rotatable bonds is 3. The van der Waals surface area contributed by atoms with E-state index in [1.807, 2.05) is 18.2 Å². The van der Waals surface area contributed by atoms with Crippen LogP contribution < -0.4 is 0 Å². The van der Waals surface area contributed by atoms with Crippen molar-refractivity contribution in [2.45, 2.75) is 24.9 Å². The third-order valence-corrected chi connectivity index (χ3v) is 3.37. The lowest BCUT2D eigenvalue weighted by Crippen LogP contribution is -2.03. The molecule has 1 N–H and O–H groups in total. The van der Waals surface area contributed by atoms with Gasteiger partial charge in [0.2, 0.25) is 0 Å². The second-order valence-electron chi connectivity index (χ2n) is 4.74. The molecule has 3 rings (SSSR count). The van der Waals surface area contributed by atoms with E-state index in [0.29, 0.717) is 5.92 Å². The van der Waals surface area contributed by atoms with Crippen LogP contribution in [-0.2, 0) is 0 Å². The number of aliphatic hydroxyl groups is 1. The molecule has 1 aliphatic rings. The van der Waals surface area contributed by atoms with Gasteiger partial charge in [-0.2, -0.15) is 0 Å². The van der Waals surface area contributed by atoms with Gasteiger partial charge in [0.1, 0.15) is 11.9 Å². The predicted octanol–water partition coefficient (Wildman–Crippen LogP) is 3.18. The van der Waals surface area contributed by atoms with Gasteiger partial charge in [-0.15, -0.1) is 0 Å². The second-order valence-corrected chi connectivity index (χ2v) is 4.74. The highest BCUT2D eigenvalue weighted by Crippen LogP contribution is 2.40. The van der Waals surface area contributed by atoms with Crippen molar-refractivity contribution in [2.24, 2.45) is 0 Å². The predicted molar refractivity (Wildman–Crippen MR) is 66.7 cm³/mol. The Morgan fingerprint density at radius 2 is 2.11 bits per heavy atom. The number of hydrogen-bond donors (Lipinski definition) is 1. The van der Waals surface area contributed by atoms with Gasteiger partial charge < -0.3 is 5.11 Å². The highest BCUT2D eigenvalue weighted by atomic mass is 19.1. The van der Waals surface area contributed by atoms with Crippen molar-refractivity contribution in [3.63, 3.8) is 0 Å². The SMILES string of the molecule is OC(c1cccc(C2CC2)c1)c1ccncc1F. The van der Waals surface area contributed by atoms with Gasteiger partial charge in [0.05, 0.1) is 6.20 Å². The minimum atomic E-state index is -0.924. The molecule has 1 fully saturated rings. The number of aliphatic hydroxyl groups excluding tert-OH is 1. The van der Waals surface area contributed by atoms with Crippen LogP contribution >= 0.6 is 0 Å². The zero-order valence-corrected chi connectivity index (χ0v) is 9.88. The lowest BCUT2D eigenvalue weighted by Gasteiger charge is -2.13. The minimum Gasteiger partial charge on any atom is -0.384 e. The molecule has 18 heavy (non-hydrogen) atoms. The highest BCUT2D eigenvalue weighted by Gasteiger charge is 2.24. The molecule has 3 heteroatoms. The van der Waals surface area contributed by atoms with Crippen LogP contribution in [0.25, 0.3) is 0 Å². The summed E-state index contributed by atoms with van der Waals surface area (Å²) in [5.41, 5.74) is 2.25. The quantitative estimate of drug-likeness (QED) is 0.898. The first-order valence-electron chi connectivity index (χ1n) is 6.13. The molecule has 1 aromatic carbocycles. The van der Waals surface area contributed by atoms with E-state index in [-0.39, 0.29) is 5.56 Å². The van der Waals surface area contributed by atoms with E-state index in [0.717, 1.165) is 11.8 Å². The van der Waals surface area contributed by atoms with E-state index in [1.165, 1.54) is 30.7 Å². The largest absolute Gasteiger partial charge is 0.384 e. The van der Waals surface area contributed by atoms with Crippen LogP contribution in [0.3, 0.4) is 0 Å². The van der Waals surface area contributed by atoms with Gasteiger partial charge in [-0.05, 0) is 36.0 Å². The lowest BCUT2D eigenvalue weighted by atomic mass is 9.99. The minimum absolute atomic E-state index is 0.276. The first-order chi connectivity index (χ1) is 8.75. The van der Waals surface area contributed by atoms with Crippen molar-refractivity contribution in [1.29, 1.82) is 0 Å². The summed E-state index contributed by atoms with van der Waals surface area (Å²) in [6, 6.07) is 9.31. The van der Waals surface area contributed by atoms with Crippen molar-refractivity contribution in [3.05, 3.63) is 65.2 Å². The molecule has 0 bridgehead atoms. The summed E-state index contributed by atoms with van der Waals surface area (Å²) in [6.07, 6.45) is 4.12. The zero-order valence-electron chi connectivity index (χ0n) is 9.88. The summed E-state index contributed by atoms with van der Waals surface area (Å²) in [4.78, 5) is 3.69. The summed E-state index contributed by atoms with van der Waals surface area (Å²) >= 11 is 0. The fourth-order valence-electron chi connectivity index (χ4n) is 2.19. The Balaban J connectivity index is 1.94. The Bertz CT molecular complexity index is 566. The maximum atomic E-state index is 13.6. The topological polar surface area (TPSA) is 33.1 Å². The van der Waals surface area contributed by atoms with Gasteiger partial charge in [-0.1, -0.05) is 24.3 Å². The van der Waals surface area contributed by atoms with E-state index in [9.17, 15) is 9.50 Å². The van der Waals surface area contributed by atoms with E-state index in [4.69, 9.17) is 0 Å². The van der Waals surface area contributed by atoms with Gasteiger partial charge in [-0.3, -0.25) is 4.98 Å². The molecule has 1 unspecified atom stereocenters. The number of benzene rings is 1. The summed E-state index contributed by atoms with van der Waals surface area (Å²) in [6.45, 7) is 0. The Morgan fingerprint density at radius 1 is 1.28 bits per heavy atom. The van der Waals surface area contributed by atoms with Gasteiger partial charge >= 0.3 is 0 Å². The second kappa shape index (κ2) is 4.50. The monoisotopic (exact) mass is 243 g/mol. The van der Waals surface area contributed by atoms with Gasteiger partial charge in [0.15, 0.2) is 0 Å². The fourth-order valence-corrected chi connectivity index (χ4v) is 2.19. The van der Waals surface area contributed by atoms with E-state index >= 15 is 0 Å². The normalized spacial score (nSPS) is 16.6. The molecule has 2 aromatic rings. The van der Waals surface area contributed by atoms with Crippen LogP contribution in [-0.4, -0.2) is 10.1 Å². The Hall–Kier alpha value is -1.74. The van der Waals surface area contributed by atoms with Gasteiger partial charge in [-0.25, -0.2) is 4.39 Å². The van der Waals surface area contributed by atoms with Crippen LogP contribution in [0.2, 0.25) is 0 Å². The fraction of sp³-hybridized carbons (Fsp3) is 0.267. The average Bonchev–Trinajstić information content (AvgIpc) is 3.23. The third kappa shape index (κ3) is 2.14. The molecule has 0 saturated heterocycles. The summed E-state index contributed by atoms with van der Waals surface area (Å²) < 4.78 is 13.6. The molecule has 1 saturated carbocycles. The molecular formula is C15H14FNO. The first kappa shape index (κ1) is 11.4. The molecule has 1 aliphatic carbocycles. The van der Waals surface area contributed by atoms with Gasteiger partial charge in [0.25, 0.3) is 0 Å². The number of aromatic nitrogens is 1. The van der Waals surface area contributed by atoms with E-state index in [1.54, 1.807) is 0 Å². The molecule has 0 spiro atoms. The number of hydrogen-bond acceptors (Lipinski definition) is 2. The summed E-state index contributed by atoms with van der Waals surface area (Å²) in [7, 11) is 0. The number of nitrogens with zero attached hydrogens (tertiary/aromatic N) is 1. The standard InChI is InChI=1S/C15H14FNO/c16-14-9-17-7-6-13(14)15(18)12-3-1-2-11(8-12)10-4-5-10/h1-3,6-10,15,18H,4-5H2. The van der Waals surface area contributed by atoms with Crippen LogP contribution in [0.4, 0.5) is 4.39 Å². The molecule has 0 aliphatic heterocycles. The Labute approximate surface area is 105 Å². The molecule has 1 atom stereocenters. The maximum Gasteiger partial charge on any atom is 0.147 e. The van der Waals surface area contributed by atoms with Crippen molar-refractivity contribution in [1.82, 2.24) is 4.98 Å². The zero-order chi connectivity index (χ0) is 12.5. The Morgan fingerprint density at radius 3 is 2.83 bits per heavy atom. The molecule has 0 radical (unpaired) electrons. The first-order valence-corrected chi connectivity index (χ1v) is 6.13. The molecule has 2 nitrogen and oxygen atoms in total. The molecule has 92 valence electrons. The van der Waals surface area contributed by atoms with Crippen LogP contribution in [0.5, 0.6) is 0 Å². The van der Waals surface area contributed by atoms with E-state index in [2.05, 4.69) is 11.1 Å². The van der Waals surface area contributed by atoms with Crippen molar-refractivity contribution in [3.8, 4) is 0 Å². The third-order valence-electron chi connectivity index (χ3n) is 3.37. The Kier molecular flexibility index (Phi) is 2.84. The average molecular weight is 243 g/mol. The number of halogens is 1. The van der Waals surface area contributed by atoms with Crippen LogP contribution in [0.15, 0.2) is 42.7 Å². The van der Waals surface area contributed by atoms with Crippen molar-refractivity contribution >= 4 is 0 Å². The maximum absolute atomic E-state index is 13.6. The summed E-state index contributed by atoms with van der Waals surface area (Å²) in [5, 5.41) is 10.2. The smallest absolute Gasteiger partial charge is 0.147 e. The van der Waals surface area contributed by atoms with Gasteiger partial charge in [0, 0.05) is 11.8 Å². The lowest BCUT2D eigenvalue weighted by molar-refractivity contribution is 0.214. The van der Waals surface area contributed by atoms with Crippen molar-refractivity contribution < 1.29 is 9.50 Å². The van der Waals surface area contributed by atoms with Crippen LogP contribution in [0.1, 0.15) is 41.6 Å². The van der Waals surface area contributed by atoms with Crippen LogP contribution in [0, 0.1) is 5.82 Å².